The van der Waals surface area contributed by atoms with Crippen LogP contribution in [0.25, 0.3) is 0 Å². The van der Waals surface area contributed by atoms with Gasteiger partial charge < -0.3 is 19.7 Å². The molecule has 0 aromatic heterocycles. The first kappa shape index (κ1) is 22.1. The summed E-state index contributed by atoms with van der Waals surface area (Å²) in [5, 5.41) is 3.39. The zero-order chi connectivity index (χ0) is 19.7. The van der Waals surface area contributed by atoms with Gasteiger partial charge in [0, 0.05) is 39.8 Å². The minimum absolute atomic E-state index is 0.0387. The predicted octanol–water partition coefficient (Wildman–Crippen LogP) is 0.671. The molecule has 0 amide bonds. The third-order valence-electron chi connectivity index (χ3n) is 4.72. The van der Waals surface area contributed by atoms with Crippen molar-refractivity contribution in [2.75, 3.05) is 65.3 Å². The van der Waals surface area contributed by atoms with E-state index in [0.29, 0.717) is 32.8 Å². The average Bonchev–Trinajstić information content (AvgIpc) is 2.66. The first-order valence-corrected chi connectivity index (χ1v) is 11.3. The van der Waals surface area contributed by atoms with E-state index >= 15 is 0 Å². The van der Waals surface area contributed by atoms with Crippen LogP contribution in [-0.2, 0) is 19.5 Å². The molecule has 0 aromatic rings. The number of ether oxygens (including phenoxy) is 2. The molecule has 2 aliphatic heterocycles. The molecule has 0 radical (unpaired) electrons. The number of rotatable bonds is 8. The highest BCUT2D eigenvalue weighted by atomic mass is 32.2. The Morgan fingerprint density at radius 2 is 2.07 bits per heavy atom. The predicted molar refractivity (Wildman–Crippen MR) is 108 cm³/mol. The molecule has 2 rings (SSSR count). The third-order valence-corrected chi connectivity index (χ3v) is 6.56. The van der Waals surface area contributed by atoms with Crippen LogP contribution >= 0.6 is 0 Å². The fraction of sp³-hybridized carbons (Fsp3) is 0.833. The van der Waals surface area contributed by atoms with E-state index in [2.05, 4.69) is 21.3 Å². The summed E-state index contributed by atoms with van der Waals surface area (Å²) < 4.78 is 37.1. The summed E-state index contributed by atoms with van der Waals surface area (Å²) in [5.41, 5.74) is 1.42. The van der Waals surface area contributed by atoms with Crippen molar-refractivity contribution in [1.29, 1.82) is 0 Å². The van der Waals surface area contributed by atoms with Crippen molar-refractivity contribution >= 4 is 16.0 Å². The molecule has 1 saturated heterocycles. The van der Waals surface area contributed by atoms with Crippen LogP contribution < -0.4 is 5.32 Å². The smallest absolute Gasteiger partial charge is 0.216 e. The van der Waals surface area contributed by atoms with Crippen LogP contribution in [0, 0.1) is 0 Å². The highest BCUT2D eigenvalue weighted by Crippen LogP contribution is 2.12. The van der Waals surface area contributed by atoms with Gasteiger partial charge >= 0.3 is 0 Å². The van der Waals surface area contributed by atoms with E-state index in [4.69, 9.17) is 9.47 Å². The molecular formula is C18H34N4O4S. The van der Waals surface area contributed by atoms with E-state index in [-0.39, 0.29) is 18.5 Å². The molecule has 2 heterocycles. The first-order chi connectivity index (χ1) is 12.9. The van der Waals surface area contributed by atoms with E-state index in [0.717, 1.165) is 32.0 Å². The van der Waals surface area contributed by atoms with Gasteiger partial charge in [0.1, 0.15) is 0 Å². The zero-order valence-corrected chi connectivity index (χ0v) is 17.6. The standard InChI is InChI=1S/C18H34N4O4S/c1-16(2)26-14-15-27(23,24)22-10-8-21(9-11-22)18(19-3)20-7-4-17-5-12-25-13-6-17/h5,16H,4,6-15H2,1-3H3,(H,19,20). The number of nitrogens with one attached hydrogen (secondary N) is 1. The maximum atomic E-state index is 12.4. The van der Waals surface area contributed by atoms with E-state index in [9.17, 15) is 8.42 Å². The maximum absolute atomic E-state index is 12.4. The summed E-state index contributed by atoms with van der Waals surface area (Å²) in [4.78, 5) is 6.47. The quantitative estimate of drug-likeness (QED) is 0.365. The summed E-state index contributed by atoms with van der Waals surface area (Å²) in [7, 11) is -1.50. The molecule has 27 heavy (non-hydrogen) atoms. The van der Waals surface area contributed by atoms with Crippen LogP contribution in [0.2, 0.25) is 0 Å². The number of nitrogens with zero attached hydrogens (tertiary/aromatic N) is 3. The second-order valence-corrected chi connectivity index (χ2v) is 9.12. The molecule has 0 saturated carbocycles. The normalized spacial score (nSPS) is 20.1. The molecule has 0 spiro atoms. The van der Waals surface area contributed by atoms with Gasteiger partial charge in [-0.2, -0.15) is 4.31 Å². The molecule has 8 nitrogen and oxygen atoms in total. The van der Waals surface area contributed by atoms with Crippen LogP contribution in [0.5, 0.6) is 0 Å². The fourth-order valence-corrected chi connectivity index (χ4v) is 4.44. The minimum Gasteiger partial charge on any atom is -0.378 e. The van der Waals surface area contributed by atoms with Crippen molar-refractivity contribution in [1.82, 2.24) is 14.5 Å². The zero-order valence-electron chi connectivity index (χ0n) is 16.8. The molecule has 2 aliphatic rings. The average molecular weight is 403 g/mol. The summed E-state index contributed by atoms with van der Waals surface area (Å²) in [5.74, 6) is 0.875. The Labute approximate surface area is 163 Å². The van der Waals surface area contributed by atoms with Gasteiger partial charge in [-0.05, 0) is 26.7 Å². The van der Waals surface area contributed by atoms with E-state index in [1.165, 1.54) is 5.57 Å². The highest BCUT2D eigenvalue weighted by molar-refractivity contribution is 7.89. The van der Waals surface area contributed by atoms with Gasteiger partial charge in [0.2, 0.25) is 10.0 Å². The van der Waals surface area contributed by atoms with E-state index < -0.39 is 10.0 Å². The Morgan fingerprint density at radius 1 is 1.33 bits per heavy atom. The third kappa shape index (κ3) is 7.40. The van der Waals surface area contributed by atoms with Crippen molar-refractivity contribution in [3.05, 3.63) is 11.6 Å². The number of aliphatic imine (C=N–C) groups is 1. The van der Waals surface area contributed by atoms with Gasteiger partial charge in [0.15, 0.2) is 5.96 Å². The van der Waals surface area contributed by atoms with Crippen LogP contribution in [0.4, 0.5) is 0 Å². The minimum atomic E-state index is -3.26. The summed E-state index contributed by atoms with van der Waals surface area (Å²) >= 11 is 0. The number of hydrogen-bond donors (Lipinski definition) is 1. The number of hydrogen-bond acceptors (Lipinski definition) is 5. The summed E-state index contributed by atoms with van der Waals surface area (Å²) in [6.45, 7) is 8.63. The van der Waals surface area contributed by atoms with Crippen molar-refractivity contribution in [3.8, 4) is 0 Å². The summed E-state index contributed by atoms with van der Waals surface area (Å²) in [6.07, 6.45) is 4.17. The monoisotopic (exact) mass is 402 g/mol. The topological polar surface area (TPSA) is 83.5 Å². The molecule has 9 heteroatoms. The Bertz CT molecular complexity index is 611. The van der Waals surface area contributed by atoms with Crippen molar-refractivity contribution < 1.29 is 17.9 Å². The lowest BCUT2D eigenvalue weighted by molar-refractivity contribution is 0.0904. The van der Waals surface area contributed by atoms with Crippen molar-refractivity contribution in [2.45, 2.75) is 32.8 Å². The molecule has 0 aliphatic carbocycles. The molecule has 156 valence electrons. The number of sulfonamides is 1. The SMILES string of the molecule is CN=C(NCCC1=CCOCC1)N1CCN(S(=O)(=O)CCOC(C)C)CC1. The van der Waals surface area contributed by atoms with Crippen molar-refractivity contribution in [3.63, 3.8) is 0 Å². The van der Waals surface area contributed by atoms with Gasteiger partial charge in [-0.25, -0.2) is 8.42 Å². The molecule has 0 atom stereocenters. The lowest BCUT2D eigenvalue weighted by Crippen LogP contribution is -2.54. The Balaban J connectivity index is 1.74. The number of guanidine groups is 1. The second kappa shape index (κ2) is 11.0. The van der Waals surface area contributed by atoms with Gasteiger partial charge in [0.05, 0.1) is 31.7 Å². The van der Waals surface area contributed by atoms with Gasteiger partial charge in [-0.1, -0.05) is 11.6 Å². The van der Waals surface area contributed by atoms with Gasteiger partial charge in [-0.15, -0.1) is 0 Å². The van der Waals surface area contributed by atoms with Gasteiger partial charge in [-0.3, -0.25) is 4.99 Å². The number of piperazine rings is 1. The first-order valence-electron chi connectivity index (χ1n) is 9.73. The Hall–Kier alpha value is -1.16. The molecule has 1 N–H and O–H groups in total. The van der Waals surface area contributed by atoms with Crippen LogP contribution in [0.3, 0.4) is 0 Å². The molecule has 0 aromatic carbocycles. The maximum Gasteiger partial charge on any atom is 0.216 e. The lowest BCUT2D eigenvalue weighted by atomic mass is 10.1. The van der Waals surface area contributed by atoms with Crippen LogP contribution in [-0.4, -0.2) is 95.0 Å². The lowest BCUT2D eigenvalue weighted by Gasteiger charge is -2.36. The molecule has 0 bridgehead atoms. The second-order valence-electron chi connectivity index (χ2n) is 7.03. The fourth-order valence-electron chi connectivity index (χ4n) is 3.16. The van der Waals surface area contributed by atoms with E-state index in [1.54, 1.807) is 11.4 Å². The van der Waals surface area contributed by atoms with Crippen LogP contribution in [0.15, 0.2) is 16.6 Å². The largest absolute Gasteiger partial charge is 0.378 e. The van der Waals surface area contributed by atoms with Gasteiger partial charge in [0.25, 0.3) is 0 Å². The van der Waals surface area contributed by atoms with Crippen molar-refractivity contribution in [2.24, 2.45) is 4.99 Å². The highest BCUT2D eigenvalue weighted by Gasteiger charge is 2.27. The Morgan fingerprint density at radius 3 is 2.67 bits per heavy atom. The molecule has 1 fully saturated rings. The molecule has 0 unspecified atom stereocenters. The van der Waals surface area contributed by atoms with Crippen LogP contribution in [0.1, 0.15) is 26.7 Å². The van der Waals surface area contributed by atoms with E-state index in [1.807, 2.05) is 13.8 Å². The summed E-state index contributed by atoms with van der Waals surface area (Å²) in [6, 6.07) is 0. The Kier molecular flexibility index (Phi) is 9.01. The molecular weight excluding hydrogens is 368 g/mol.